The second kappa shape index (κ2) is 3.82. The molecule has 0 aromatic heterocycles. The summed E-state index contributed by atoms with van der Waals surface area (Å²) in [5.41, 5.74) is 0.269. The Bertz CT molecular complexity index is 183. The van der Waals surface area contributed by atoms with Gasteiger partial charge in [0.25, 0.3) is 0 Å². The predicted molar refractivity (Wildman–Crippen MR) is 58.3 cm³/mol. The smallest absolute Gasteiger partial charge is 0.0747 e. The fourth-order valence-electron chi connectivity index (χ4n) is 2.62. The number of fused-ring (bicyclic) bond motifs is 1. The molecule has 1 N–H and O–H groups in total. The molecule has 2 heteroatoms. The van der Waals surface area contributed by atoms with Gasteiger partial charge >= 0.3 is 0 Å². The van der Waals surface area contributed by atoms with Gasteiger partial charge in [-0.2, -0.15) is 0 Å². The summed E-state index contributed by atoms with van der Waals surface area (Å²) in [7, 11) is 0. The highest BCUT2D eigenvalue weighted by molar-refractivity contribution is 4.89. The van der Waals surface area contributed by atoms with Crippen LogP contribution in [0.4, 0.5) is 0 Å². The van der Waals surface area contributed by atoms with E-state index < -0.39 is 0 Å². The zero-order chi connectivity index (χ0) is 10.2. The van der Waals surface area contributed by atoms with E-state index >= 15 is 0 Å². The number of hydrogen-bond donors (Lipinski definition) is 1. The monoisotopic (exact) mass is 197 g/mol. The van der Waals surface area contributed by atoms with Crippen LogP contribution in [-0.2, 0) is 4.74 Å². The van der Waals surface area contributed by atoms with Crippen molar-refractivity contribution in [2.75, 3.05) is 13.2 Å². The van der Waals surface area contributed by atoms with Crippen molar-refractivity contribution in [3.05, 3.63) is 0 Å². The largest absolute Gasteiger partial charge is 0.376 e. The van der Waals surface area contributed by atoms with E-state index in [0.29, 0.717) is 6.10 Å². The first-order chi connectivity index (χ1) is 6.57. The average Bonchev–Trinajstić information content (AvgIpc) is 2.42. The molecule has 0 aromatic carbocycles. The van der Waals surface area contributed by atoms with Crippen molar-refractivity contribution in [2.45, 2.75) is 52.2 Å². The molecule has 14 heavy (non-hydrogen) atoms. The van der Waals surface area contributed by atoms with Crippen molar-refractivity contribution >= 4 is 0 Å². The first-order valence-corrected chi connectivity index (χ1v) is 5.92. The molecule has 0 radical (unpaired) electrons. The fraction of sp³-hybridized carbons (Fsp3) is 1.00. The highest BCUT2D eigenvalue weighted by atomic mass is 16.5. The van der Waals surface area contributed by atoms with Gasteiger partial charge in [0, 0.05) is 12.6 Å². The van der Waals surface area contributed by atoms with Gasteiger partial charge in [0.05, 0.1) is 12.7 Å². The van der Waals surface area contributed by atoms with E-state index in [0.717, 1.165) is 25.1 Å². The molecule has 0 spiro atoms. The van der Waals surface area contributed by atoms with Gasteiger partial charge < -0.3 is 10.1 Å². The Morgan fingerprint density at radius 1 is 1.21 bits per heavy atom. The van der Waals surface area contributed by atoms with E-state index in [2.05, 4.69) is 26.1 Å². The zero-order valence-corrected chi connectivity index (χ0v) is 9.68. The summed E-state index contributed by atoms with van der Waals surface area (Å²) >= 11 is 0. The summed E-state index contributed by atoms with van der Waals surface area (Å²) in [4.78, 5) is 0. The molecule has 2 nitrogen and oxygen atoms in total. The van der Waals surface area contributed by atoms with Crippen LogP contribution in [0.2, 0.25) is 0 Å². The van der Waals surface area contributed by atoms with Crippen molar-refractivity contribution < 1.29 is 4.74 Å². The highest BCUT2D eigenvalue weighted by Crippen LogP contribution is 2.31. The first kappa shape index (κ1) is 10.4. The Hall–Kier alpha value is -0.0800. The van der Waals surface area contributed by atoms with Gasteiger partial charge in [-0.15, -0.1) is 0 Å². The van der Waals surface area contributed by atoms with Crippen molar-refractivity contribution in [3.8, 4) is 0 Å². The van der Waals surface area contributed by atoms with Gasteiger partial charge in [-0.3, -0.25) is 0 Å². The molecule has 1 saturated heterocycles. The lowest BCUT2D eigenvalue weighted by Crippen LogP contribution is -2.39. The third kappa shape index (κ3) is 2.12. The summed E-state index contributed by atoms with van der Waals surface area (Å²) in [5.74, 6) is 0.780. The third-order valence-electron chi connectivity index (χ3n) is 3.70. The molecular formula is C12H23NO. The normalized spacial score (nSPS) is 39.2. The van der Waals surface area contributed by atoms with Crippen LogP contribution in [0.15, 0.2) is 0 Å². The maximum absolute atomic E-state index is 6.02. The molecule has 2 aliphatic rings. The van der Waals surface area contributed by atoms with Crippen LogP contribution in [0.25, 0.3) is 0 Å². The van der Waals surface area contributed by atoms with Crippen LogP contribution < -0.4 is 5.32 Å². The second-order valence-corrected chi connectivity index (χ2v) is 5.89. The van der Waals surface area contributed by atoms with Crippen molar-refractivity contribution in [3.63, 3.8) is 0 Å². The second-order valence-electron chi connectivity index (χ2n) is 5.89. The minimum Gasteiger partial charge on any atom is -0.376 e. The Balaban J connectivity index is 1.96. The van der Waals surface area contributed by atoms with Gasteiger partial charge in [-0.1, -0.05) is 27.2 Å². The van der Waals surface area contributed by atoms with Gasteiger partial charge in [0.15, 0.2) is 0 Å². The SMILES string of the molecule is CC(C)(C)C1CNC2CCCC2CO1. The van der Waals surface area contributed by atoms with Crippen LogP contribution >= 0.6 is 0 Å². The van der Waals surface area contributed by atoms with Gasteiger partial charge in [-0.25, -0.2) is 0 Å². The minimum atomic E-state index is 0.269. The van der Waals surface area contributed by atoms with E-state index in [1.165, 1.54) is 19.3 Å². The molecule has 0 bridgehead atoms. The molecule has 1 saturated carbocycles. The fourth-order valence-corrected chi connectivity index (χ4v) is 2.62. The summed E-state index contributed by atoms with van der Waals surface area (Å²) < 4.78 is 6.02. The van der Waals surface area contributed by atoms with E-state index in [1.807, 2.05) is 0 Å². The molecule has 2 fully saturated rings. The zero-order valence-electron chi connectivity index (χ0n) is 9.68. The lowest BCUT2D eigenvalue weighted by atomic mass is 9.89. The Morgan fingerprint density at radius 2 is 2.00 bits per heavy atom. The quantitative estimate of drug-likeness (QED) is 0.643. The molecule has 0 amide bonds. The summed E-state index contributed by atoms with van der Waals surface area (Å²) in [6.45, 7) is 8.80. The molecule has 3 unspecified atom stereocenters. The Kier molecular flexibility index (Phi) is 2.85. The number of hydrogen-bond acceptors (Lipinski definition) is 2. The lowest BCUT2D eigenvalue weighted by molar-refractivity contribution is -0.0171. The molecule has 0 aromatic rings. The Labute approximate surface area is 87.4 Å². The van der Waals surface area contributed by atoms with Gasteiger partial charge in [-0.05, 0) is 24.2 Å². The topological polar surface area (TPSA) is 21.3 Å². The maximum Gasteiger partial charge on any atom is 0.0747 e. The van der Waals surface area contributed by atoms with E-state index in [-0.39, 0.29) is 5.41 Å². The average molecular weight is 197 g/mol. The minimum absolute atomic E-state index is 0.269. The first-order valence-electron chi connectivity index (χ1n) is 5.92. The molecule has 82 valence electrons. The van der Waals surface area contributed by atoms with Crippen LogP contribution in [0.3, 0.4) is 0 Å². The van der Waals surface area contributed by atoms with Gasteiger partial charge in [0.2, 0.25) is 0 Å². The van der Waals surface area contributed by atoms with E-state index in [4.69, 9.17) is 4.74 Å². The maximum atomic E-state index is 6.02. The molecule has 3 atom stereocenters. The van der Waals surface area contributed by atoms with Crippen LogP contribution in [0.1, 0.15) is 40.0 Å². The van der Waals surface area contributed by atoms with Crippen LogP contribution in [-0.4, -0.2) is 25.3 Å². The molecule has 1 aliphatic carbocycles. The standard InChI is InChI=1S/C12H23NO/c1-12(2,3)11-7-13-10-6-4-5-9(10)8-14-11/h9-11,13H,4-8H2,1-3H3. The summed E-state index contributed by atoms with van der Waals surface area (Å²) in [6, 6.07) is 0.738. The van der Waals surface area contributed by atoms with Crippen molar-refractivity contribution in [1.29, 1.82) is 0 Å². The number of nitrogens with one attached hydrogen (secondary N) is 1. The highest BCUT2D eigenvalue weighted by Gasteiger charge is 2.34. The van der Waals surface area contributed by atoms with Crippen molar-refractivity contribution in [1.82, 2.24) is 5.32 Å². The van der Waals surface area contributed by atoms with E-state index in [1.54, 1.807) is 0 Å². The number of ether oxygens (including phenoxy) is 1. The van der Waals surface area contributed by atoms with Crippen LogP contribution in [0.5, 0.6) is 0 Å². The lowest BCUT2D eigenvalue weighted by Gasteiger charge is -2.29. The molecular weight excluding hydrogens is 174 g/mol. The van der Waals surface area contributed by atoms with Crippen molar-refractivity contribution in [2.24, 2.45) is 11.3 Å². The number of rotatable bonds is 0. The molecule has 1 heterocycles. The summed E-state index contributed by atoms with van der Waals surface area (Å²) in [5, 5.41) is 3.68. The van der Waals surface area contributed by atoms with Gasteiger partial charge in [0.1, 0.15) is 0 Å². The van der Waals surface area contributed by atoms with E-state index in [9.17, 15) is 0 Å². The van der Waals surface area contributed by atoms with Crippen LogP contribution in [0, 0.1) is 11.3 Å². The summed E-state index contributed by atoms with van der Waals surface area (Å²) in [6.07, 6.45) is 4.47. The third-order valence-corrected chi connectivity index (χ3v) is 3.70. The molecule has 2 rings (SSSR count). The Morgan fingerprint density at radius 3 is 2.71 bits per heavy atom. The predicted octanol–water partition coefficient (Wildman–Crippen LogP) is 2.19. The molecule has 1 aliphatic heterocycles.